The monoisotopic (exact) mass is 367 g/mol. The van der Waals surface area contributed by atoms with Crippen molar-refractivity contribution >= 4 is 30.1 Å². The van der Waals surface area contributed by atoms with E-state index in [0.717, 1.165) is 0 Å². The van der Waals surface area contributed by atoms with E-state index in [1.165, 1.54) is 6.08 Å². The molecular weight excluding hydrogens is 338 g/mol. The fourth-order valence-electron chi connectivity index (χ4n) is 2.82. The summed E-state index contributed by atoms with van der Waals surface area (Å²) in [6.45, 7) is 11.5. The largest absolute Gasteiger partial charge is 0.511 e. The number of aliphatic hydroxyl groups is 1. The molecule has 0 heterocycles. The first kappa shape index (κ1) is 21.5. The van der Waals surface area contributed by atoms with Gasteiger partial charge in [-0.3, -0.25) is 9.79 Å². The first-order valence-corrected chi connectivity index (χ1v) is 9.15. The zero-order valence-electron chi connectivity index (χ0n) is 15.5. The smallest absolute Gasteiger partial charge is 0.332 e. The first-order valence-electron chi connectivity index (χ1n) is 8.52. The molecule has 1 rings (SSSR count). The number of hydrogen-bond donors (Lipinski definition) is 2. The maximum absolute atomic E-state index is 12.6. The number of ketones is 1. The number of Topliss-reactive ketones (excluding diaryl/α,β-unsaturated/α-hetero) is 1. The van der Waals surface area contributed by atoms with Crippen molar-refractivity contribution in [2.24, 2.45) is 16.3 Å². The lowest BCUT2D eigenvalue weighted by Crippen LogP contribution is -2.32. The first-order chi connectivity index (χ1) is 11.6. The third-order valence-corrected chi connectivity index (χ3v) is 4.19. The van der Waals surface area contributed by atoms with Gasteiger partial charge in [0.15, 0.2) is 11.8 Å². The summed E-state index contributed by atoms with van der Waals surface area (Å²) in [5, 5.41) is 10.5. The lowest BCUT2D eigenvalue weighted by atomic mass is 9.75. The minimum atomic E-state index is -0.819. The number of carbonyl (C=O) groups is 2. The number of aliphatic imine (C=N–C) groups is 1. The summed E-state index contributed by atoms with van der Waals surface area (Å²) in [6, 6.07) is -0.819. The number of aliphatic hydroxyl groups excluding tert-OH is 1. The second-order valence-electron chi connectivity index (χ2n) is 7.55. The molecule has 0 amide bonds. The summed E-state index contributed by atoms with van der Waals surface area (Å²) in [5.74, 6) is -0.222. The second-order valence-corrected chi connectivity index (χ2v) is 7.92. The third kappa shape index (κ3) is 6.34. The van der Waals surface area contributed by atoms with Crippen molar-refractivity contribution < 1.29 is 19.4 Å². The quantitative estimate of drug-likeness (QED) is 0.297. The Morgan fingerprint density at radius 1 is 1.44 bits per heavy atom. The fourth-order valence-corrected chi connectivity index (χ4v) is 3.05. The van der Waals surface area contributed by atoms with Crippen molar-refractivity contribution in [1.29, 1.82) is 0 Å². The summed E-state index contributed by atoms with van der Waals surface area (Å²) in [6.07, 6.45) is 2.73. The molecular formula is C19H29NO4S. The van der Waals surface area contributed by atoms with Crippen molar-refractivity contribution in [3.8, 4) is 0 Å². The molecule has 0 aliphatic heterocycles. The van der Waals surface area contributed by atoms with E-state index in [-0.39, 0.29) is 40.8 Å². The SMILES string of the molecule is C=CCOC(=O)[C@@H](CS)N=C(CC(C)C)C1=C(O)CC(C)(C)CC1=O. The van der Waals surface area contributed by atoms with Gasteiger partial charge in [0, 0.05) is 18.6 Å². The Kier molecular flexibility index (Phi) is 7.93. The molecule has 0 saturated heterocycles. The van der Waals surface area contributed by atoms with Crippen LogP contribution in [0, 0.1) is 11.3 Å². The topological polar surface area (TPSA) is 76.0 Å². The molecule has 0 fully saturated rings. The Balaban J connectivity index is 3.25. The molecule has 1 aliphatic rings. The Labute approximate surface area is 155 Å². The highest BCUT2D eigenvalue weighted by molar-refractivity contribution is 7.80. The van der Waals surface area contributed by atoms with E-state index in [2.05, 4.69) is 24.2 Å². The zero-order chi connectivity index (χ0) is 19.2. The van der Waals surface area contributed by atoms with E-state index < -0.39 is 12.0 Å². The molecule has 140 valence electrons. The molecule has 0 unspecified atom stereocenters. The second kappa shape index (κ2) is 9.22. The standard InChI is InChI=1S/C19H29NO4S/c1-6-7-24-18(23)14(11-25)20-13(8-12(2)3)17-15(21)9-19(4,5)10-16(17)22/h6,12,14,21,25H,1,7-11H2,2-5H3/t14-/m1/s1. The van der Waals surface area contributed by atoms with Gasteiger partial charge in [0.05, 0.1) is 11.3 Å². The number of carbonyl (C=O) groups excluding carboxylic acids is 2. The fraction of sp³-hybridized carbons (Fsp3) is 0.632. The summed E-state index contributed by atoms with van der Waals surface area (Å²) >= 11 is 4.18. The van der Waals surface area contributed by atoms with Crippen LogP contribution >= 0.6 is 12.6 Å². The Hall–Kier alpha value is -1.56. The van der Waals surface area contributed by atoms with E-state index in [4.69, 9.17) is 4.74 Å². The number of allylic oxidation sites excluding steroid dienone is 2. The highest BCUT2D eigenvalue weighted by Crippen LogP contribution is 2.37. The number of hydrogen-bond acceptors (Lipinski definition) is 6. The Morgan fingerprint density at radius 2 is 2.08 bits per heavy atom. The summed E-state index contributed by atoms with van der Waals surface area (Å²) in [5.41, 5.74) is 0.443. The van der Waals surface area contributed by atoms with E-state index in [1.54, 1.807) is 0 Å². The molecule has 0 spiro atoms. The maximum atomic E-state index is 12.6. The van der Waals surface area contributed by atoms with Crippen LogP contribution in [0.3, 0.4) is 0 Å². The molecule has 5 nitrogen and oxygen atoms in total. The molecule has 1 N–H and O–H groups in total. The summed E-state index contributed by atoms with van der Waals surface area (Å²) < 4.78 is 5.05. The van der Waals surface area contributed by atoms with Gasteiger partial charge < -0.3 is 9.84 Å². The van der Waals surface area contributed by atoms with Gasteiger partial charge in [0.1, 0.15) is 12.4 Å². The number of esters is 1. The minimum Gasteiger partial charge on any atom is -0.511 e. The number of nitrogens with zero attached hydrogens (tertiary/aromatic N) is 1. The van der Waals surface area contributed by atoms with Crippen LogP contribution in [-0.2, 0) is 14.3 Å². The van der Waals surface area contributed by atoms with Gasteiger partial charge in [-0.25, -0.2) is 4.79 Å². The normalized spacial score (nSPS) is 19.1. The molecule has 0 aromatic heterocycles. The van der Waals surface area contributed by atoms with Crippen molar-refractivity contribution in [2.75, 3.05) is 12.4 Å². The molecule has 0 aromatic carbocycles. The van der Waals surface area contributed by atoms with Crippen LogP contribution in [-0.4, -0.2) is 41.0 Å². The van der Waals surface area contributed by atoms with E-state index in [1.807, 2.05) is 27.7 Å². The van der Waals surface area contributed by atoms with Gasteiger partial charge in [0.25, 0.3) is 0 Å². The molecule has 6 heteroatoms. The molecule has 1 aliphatic carbocycles. The molecule has 25 heavy (non-hydrogen) atoms. The van der Waals surface area contributed by atoms with Gasteiger partial charge in [-0.15, -0.1) is 0 Å². The minimum absolute atomic E-state index is 0.0537. The molecule has 1 atom stereocenters. The molecule has 0 bridgehead atoms. The molecule has 0 radical (unpaired) electrons. The number of thiol groups is 1. The van der Waals surface area contributed by atoms with Crippen molar-refractivity contribution in [3.05, 3.63) is 24.0 Å². The number of rotatable bonds is 8. The van der Waals surface area contributed by atoms with Crippen LogP contribution in [0.4, 0.5) is 0 Å². The van der Waals surface area contributed by atoms with Crippen LogP contribution in [0.2, 0.25) is 0 Å². The van der Waals surface area contributed by atoms with Crippen LogP contribution in [0.1, 0.15) is 47.0 Å². The average Bonchev–Trinajstić information content (AvgIpc) is 2.47. The predicted molar refractivity (Wildman–Crippen MR) is 103 cm³/mol. The zero-order valence-corrected chi connectivity index (χ0v) is 16.4. The lowest BCUT2D eigenvalue weighted by Gasteiger charge is -2.30. The predicted octanol–water partition coefficient (Wildman–Crippen LogP) is 3.70. The molecule has 0 saturated carbocycles. The highest BCUT2D eigenvalue weighted by atomic mass is 32.1. The van der Waals surface area contributed by atoms with Gasteiger partial charge in [-0.1, -0.05) is 40.3 Å². The van der Waals surface area contributed by atoms with E-state index in [9.17, 15) is 14.7 Å². The Bertz CT molecular complexity index is 590. The Morgan fingerprint density at radius 3 is 2.56 bits per heavy atom. The van der Waals surface area contributed by atoms with E-state index >= 15 is 0 Å². The van der Waals surface area contributed by atoms with Crippen molar-refractivity contribution in [3.63, 3.8) is 0 Å². The van der Waals surface area contributed by atoms with Crippen LogP contribution in [0.15, 0.2) is 29.0 Å². The van der Waals surface area contributed by atoms with Crippen molar-refractivity contribution in [1.82, 2.24) is 0 Å². The summed E-state index contributed by atoms with van der Waals surface area (Å²) in [7, 11) is 0. The molecule has 0 aromatic rings. The maximum Gasteiger partial charge on any atom is 0.332 e. The van der Waals surface area contributed by atoms with Gasteiger partial charge in [-0.2, -0.15) is 12.6 Å². The van der Waals surface area contributed by atoms with Gasteiger partial charge in [0.2, 0.25) is 0 Å². The third-order valence-electron chi connectivity index (χ3n) is 3.84. The highest BCUT2D eigenvalue weighted by Gasteiger charge is 2.35. The van der Waals surface area contributed by atoms with Gasteiger partial charge in [-0.05, 0) is 17.8 Å². The number of ether oxygens (including phenoxy) is 1. The van der Waals surface area contributed by atoms with Crippen molar-refractivity contribution in [2.45, 2.75) is 53.0 Å². The van der Waals surface area contributed by atoms with Gasteiger partial charge >= 0.3 is 5.97 Å². The van der Waals surface area contributed by atoms with Crippen LogP contribution in [0.25, 0.3) is 0 Å². The van der Waals surface area contributed by atoms with Crippen LogP contribution < -0.4 is 0 Å². The van der Waals surface area contributed by atoms with E-state index in [0.29, 0.717) is 25.0 Å². The average molecular weight is 368 g/mol. The van der Waals surface area contributed by atoms with Crippen LogP contribution in [0.5, 0.6) is 0 Å². The summed E-state index contributed by atoms with van der Waals surface area (Å²) in [4.78, 5) is 29.2. The lowest BCUT2D eigenvalue weighted by molar-refractivity contribution is -0.143.